The van der Waals surface area contributed by atoms with Crippen LogP contribution in [0.1, 0.15) is 67.9 Å². The minimum Gasteiger partial charge on any atom is -0.497 e. The Kier molecular flexibility index (Phi) is 13.3. The zero-order valence-corrected chi connectivity index (χ0v) is 29.2. The van der Waals surface area contributed by atoms with Crippen molar-refractivity contribution in [2.24, 2.45) is 5.92 Å². The summed E-state index contributed by atoms with van der Waals surface area (Å²) in [6, 6.07) is 8.01. The zero-order chi connectivity index (χ0) is 31.6. The van der Waals surface area contributed by atoms with Crippen LogP contribution in [0.4, 0.5) is 0 Å². The van der Waals surface area contributed by atoms with Gasteiger partial charge >= 0.3 is 7.12 Å². The molecule has 0 bridgehead atoms. The van der Waals surface area contributed by atoms with E-state index in [2.05, 4.69) is 93.6 Å². The van der Waals surface area contributed by atoms with E-state index in [0.29, 0.717) is 13.2 Å². The summed E-state index contributed by atoms with van der Waals surface area (Å²) >= 11 is 0. The van der Waals surface area contributed by atoms with Gasteiger partial charge in [-0.3, -0.25) is 0 Å². The lowest BCUT2D eigenvalue weighted by Gasteiger charge is -2.40. The third kappa shape index (κ3) is 11.2. The molecule has 0 N–H and O–H groups in total. The van der Waals surface area contributed by atoms with E-state index in [1.54, 1.807) is 7.11 Å². The molecule has 2 atom stereocenters. The first-order chi connectivity index (χ1) is 19.5. The lowest BCUT2D eigenvalue weighted by Crippen LogP contribution is -2.45. The number of hydrogen-bond acceptors (Lipinski definition) is 5. The molecule has 1 fully saturated rings. The molecule has 1 heterocycles. The van der Waals surface area contributed by atoms with Crippen LogP contribution in [-0.4, -0.2) is 46.5 Å². The van der Waals surface area contributed by atoms with Crippen LogP contribution >= 0.6 is 0 Å². The van der Waals surface area contributed by atoms with Crippen LogP contribution in [0.2, 0.25) is 18.1 Å². The van der Waals surface area contributed by atoms with Gasteiger partial charge in [0.2, 0.25) is 0 Å². The maximum absolute atomic E-state index is 6.88. The van der Waals surface area contributed by atoms with Gasteiger partial charge in [-0.15, -0.1) is 0 Å². The van der Waals surface area contributed by atoms with Crippen LogP contribution in [0.15, 0.2) is 84.4 Å². The molecule has 0 unspecified atom stereocenters. The fraction of sp³-hybridized carbons (Fsp3) is 0.543. The van der Waals surface area contributed by atoms with Crippen molar-refractivity contribution >= 4 is 15.4 Å². The lowest BCUT2D eigenvalue weighted by molar-refractivity contribution is 0.00578. The summed E-state index contributed by atoms with van der Waals surface area (Å²) in [5, 5.41) is 0.123. The molecular formula is C35H55BO5Si. The monoisotopic (exact) mass is 594 g/mol. The fourth-order valence-electron chi connectivity index (χ4n) is 3.91. The topological polar surface area (TPSA) is 46.2 Å². The first kappa shape index (κ1) is 36.0. The predicted molar refractivity (Wildman–Crippen MR) is 180 cm³/mol. The van der Waals surface area contributed by atoms with Crippen LogP contribution in [-0.2, 0) is 25.1 Å². The molecule has 7 heteroatoms. The smallest absolute Gasteiger partial charge is 0.487 e. The van der Waals surface area contributed by atoms with Crippen molar-refractivity contribution in [1.29, 1.82) is 0 Å². The third-order valence-electron chi connectivity index (χ3n) is 8.49. The number of allylic oxidation sites excluding steroid dienone is 8. The molecule has 0 radical (unpaired) electrons. The molecule has 2 rings (SSSR count). The molecule has 0 aliphatic carbocycles. The van der Waals surface area contributed by atoms with Gasteiger partial charge in [0.15, 0.2) is 8.32 Å². The van der Waals surface area contributed by atoms with E-state index in [-0.39, 0.29) is 35.4 Å². The fourth-order valence-corrected chi connectivity index (χ4v) is 5.25. The standard InChI is InChI=1S/C35H55BO5Si/c1-28(19-17-15-13-14-16-18-24-36-40-34(6,7)35(8,9)41-36)25-32(39-42(11,12)33(3,4)5)29(2)26-38-27-30-20-22-31(37-10)23-21-30/h13-25,29,32H,26-27H2,1-12H3/b15-13+,16-14+,19-17+,24-18+,28-25+/t29-,32+/m0/s1. The second-order valence-corrected chi connectivity index (χ2v) is 18.5. The first-order valence-electron chi connectivity index (χ1n) is 15.1. The number of rotatable bonds is 14. The van der Waals surface area contributed by atoms with Crippen LogP contribution in [0.5, 0.6) is 5.75 Å². The van der Waals surface area contributed by atoms with Crippen LogP contribution in [0.3, 0.4) is 0 Å². The first-order valence-corrected chi connectivity index (χ1v) is 18.0. The highest BCUT2D eigenvalue weighted by molar-refractivity contribution is 6.74. The average molecular weight is 595 g/mol. The Morgan fingerprint density at radius 3 is 2.02 bits per heavy atom. The quantitative estimate of drug-likeness (QED) is 0.159. The van der Waals surface area contributed by atoms with Crippen LogP contribution in [0.25, 0.3) is 0 Å². The highest BCUT2D eigenvalue weighted by Crippen LogP contribution is 2.39. The van der Waals surface area contributed by atoms with Crippen molar-refractivity contribution in [1.82, 2.24) is 0 Å². The van der Waals surface area contributed by atoms with Gasteiger partial charge in [-0.2, -0.15) is 0 Å². The van der Waals surface area contributed by atoms with Gasteiger partial charge in [0, 0.05) is 5.92 Å². The maximum atomic E-state index is 6.88. The van der Waals surface area contributed by atoms with E-state index in [4.69, 9.17) is 23.2 Å². The average Bonchev–Trinajstić information content (AvgIpc) is 3.10. The van der Waals surface area contributed by atoms with Crippen molar-refractivity contribution in [3.63, 3.8) is 0 Å². The molecule has 1 aliphatic heterocycles. The Hall–Kier alpha value is -2.16. The van der Waals surface area contributed by atoms with Crippen molar-refractivity contribution in [2.75, 3.05) is 13.7 Å². The second kappa shape index (κ2) is 15.5. The van der Waals surface area contributed by atoms with Crippen molar-refractivity contribution in [3.8, 4) is 5.75 Å². The normalized spacial score (nSPS) is 19.5. The number of methoxy groups -OCH3 is 1. The van der Waals surface area contributed by atoms with Gasteiger partial charge in [-0.1, -0.05) is 100.0 Å². The highest BCUT2D eigenvalue weighted by atomic mass is 28.4. The Morgan fingerprint density at radius 1 is 0.929 bits per heavy atom. The largest absolute Gasteiger partial charge is 0.497 e. The number of benzene rings is 1. The molecule has 0 spiro atoms. The van der Waals surface area contributed by atoms with E-state index in [1.165, 1.54) is 0 Å². The van der Waals surface area contributed by atoms with Crippen molar-refractivity contribution in [2.45, 2.75) is 104 Å². The molecular weight excluding hydrogens is 539 g/mol. The van der Waals surface area contributed by atoms with Gasteiger partial charge in [0.1, 0.15) is 5.75 Å². The minimum absolute atomic E-state index is 0.0320. The molecule has 1 aromatic carbocycles. The molecule has 232 valence electrons. The number of hydrogen-bond donors (Lipinski definition) is 0. The minimum atomic E-state index is -1.98. The molecule has 42 heavy (non-hydrogen) atoms. The second-order valence-electron chi connectivity index (χ2n) is 13.7. The zero-order valence-electron chi connectivity index (χ0n) is 28.2. The van der Waals surface area contributed by atoms with Gasteiger partial charge < -0.3 is 23.2 Å². The lowest BCUT2D eigenvalue weighted by atomic mass is 9.90. The van der Waals surface area contributed by atoms with Crippen LogP contribution in [0, 0.1) is 5.92 Å². The van der Waals surface area contributed by atoms with E-state index >= 15 is 0 Å². The Balaban J connectivity index is 1.98. The molecule has 0 saturated carbocycles. The summed E-state index contributed by atoms with van der Waals surface area (Å²) in [5.74, 6) is 2.99. The summed E-state index contributed by atoms with van der Waals surface area (Å²) in [7, 11) is -0.628. The van der Waals surface area contributed by atoms with E-state index in [9.17, 15) is 0 Å². The molecule has 1 saturated heterocycles. The van der Waals surface area contributed by atoms with Gasteiger partial charge in [0.25, 0.3) is 0 Å². The molecule has 0 amide bonds. The molecule has 5 nitrogen and oxygen atoms in total. The SMILES string of the molecule is COc1ccc(COC[C@H](C)[C@@H](/C=C(C)/C=C/C=C/C=C/C=C/B2OC(C)(C)C(C)(C)O2)O[Si](C)(C)C(C)(C)C)cc1. The van der Waals surface area contributed by atoms with Gasteiger partial charge in [0.05, 0.1) is 37.6 Å². The molecule has 1 aliphatic rings. The van der Waals surface area contributed by atoms with E-state index in [0.717, 1.165) is 16.9 Å². The predicted octanol–water partition coefficient (Wildman–Crippen LogP) is 9.04. The molecule has 0 aromatic heterocycles. The van der Waals surface area contributed by atoms with Crippen LogP contribution < -0.4 is 4.74 Å². The maximum Gasteiger partial charge on any atom is 0.487 e. The molecule has 1 aromatic rings. The Morgan fingerprint density at radius 2 is 1.48 bits per heavy atom. The van der Waals surface area contributed by atoms with Gasteiger partial charge in [-0.05, 0) is 70.4 Å². The summed E-state index contributed by atoms with van der Waals surface area (Å²) in [4.78, 5) is 0. The number of ether oxygens (including phenoxy) is 2. The summed E-state index contributed by atoms with van der Waals surface area (Å²) in [6.07, 6.45) is 16.4. The Bertz CT molecular complexity index is 1110. The highest BCUT2D eigenvalue weighted by Gasteiger charge is 2.50. The van der Waals surface area contributed by atoms with E-state index in [1.807, 2.05) is 60.6 Å². The van der Waals surface area contributed by atoms with Crippen molar-refractivity contribution < 1.29 is 23.2 Å². The van der Waals surface area contributed by atoms with Crippen molar-refractivity contribution in [3.05, 3.63) is 90.0 Å². The summed E-state index contributed by atoms with van der Waals surface area (Å²) in [6.45, 7) is 25.2. The van der Waals surface area contributed by atoms with Gasteiger partial charge in [-0.25, -0.2) is 0 Å². The van der Waals surface area contributed by atoms with E-state index < -0.39 is 8.32 Å². The Labute approximate surface area is 258 Å². The summed E-state index contributed by atoms with van der Waals surface area (Å²) in [5.41, 5.74) is 1.65. The third-order valence-corrected chi connectivity index (χ3v) is 13.0. The summed E-state index contributed by atoms with van der Waals surface area (Å²) < 4.78 is 30.2.